The number of nitriles is 1. The Balaban J connectivity index is 2.38. The van der Waals surface area contributed by atoms with E-state index < -0.39 is 0 Å². The molecule has 0 fully saturated rings. The Morgan fingerprint density at radius 3 is 3.00 bits per heavy atom. The molecule has 1 aromatic carbocycles. The molecule has 1 aliphatic carbocycles. The second-order valence-corrected chi connectivity index (χ2v) is 4.22. The largest absolute Gasteiger partial charge is 0.463 e. The van der Waals surface area contributed by atoms with Crippen LogP contribution in [-0.2, 0) is 9.53 Å². The first-order valence-corrected chi connectivity index (χ1v) is 6.16. The molecule has 0 saturated carbocycles. The van der Waals surface area contributed by atoms with E-state index >= 15 is 0 Å². The topological polar surface area (TPSA) is 50.1 Å². The Morgan fingerprint density at radius 1 is 1.44 bits per heavy atom. The van der Waals surface area contributed by atoms with Crippen molar-refractivity contribution in [2.24, 2.45) is 0 Å². The summed E-state index contributed by atoms with van der Waals surface area (Å²) < 4.78 is 5.07. The quantitative estimate of drug-likeness (QED) is 0.764. The molecule has 0 atom stereocenters. The molecule has 0 N–H and O–H groups in total. The van der Waals surface area contributed by atoms with Crippen LogP contribution in [-0.4, -0.2) is 12.6 Å². The lowest BCUT2D eigenvalue weighted by molar-refractivity contribution is -0.138. The number of nitrogens with zero attached hydrogens (tertiary/aromatic N) is 1. The van der Waals surface area contributed by atoms with Crippen molar-refractivity contribution in [1.82, 2.24) is 0 Å². The van der Waals surface area contributed by atoms with Gasteiger partial charge in [-0.1, -0.05) is 12.1 Å². The molecule has 0 amide bonds. The first-order valence-electron chi connectivity index (χ1n) is 6.16. The molecule has 2 rings (SSSR count). The van der Waals surface area contributed by atoms with E-state index in [0.717, 1.165) is 36.0 Å². The number of carbonyl (C=O) groups is 1. The highest BCUT2D eigenvalue weighted by molar-refractivity contribution is 5.98. The van der Waals surface area contributed by atoms with Crippen molar-refractivity contribution in [3.05, 3.63) is 41.0 Å². The van der Waals surface area contributed by atoms with Crippen molar-refractivity contribution in [2.45, 2.75) is 26.2 Å². The average molecular weight is 241 g/mol. The summed E-state index contributed by atoms with van der Waals surface area (Å²) in [6.07, 6.45) is 2.62. The van der Waals surface area contributed by atoms with Gasteiger partial charge in [0.15, 0.2) is 0 Å². The van der Waals surface area contributed by atoms with Crippen LogP contribution >= 0.6 is 0 Å². The van der Waals surface area contributed by atoms with Crippen LogP contribution in [0, 0.1) is 11.3 Å². The minimum absolute atomic E-state index is 0.215. The standard InChI is InChI=1S/C15H15NO2/c1-2-18-15(17)14-8-4-7-13(14)12-6-3-5-11(9-12)10-16/h3,5-6,9H,2,4,7-8H2,1H3. The van der Waals surface area contributed by atoms with E-state index in [0.29, 0.717) is 12.2 Å². The van der Waals surface area contributed by atoms with Gasteiger partial charge in [-0.25, -0.2) is 4.79 Å². The molecule has 0 bridgehead atoms. The van der Waals surface area contributed by atoms with Gasteiger partial charge in [-0.15, -0.1) is 0 Å². The molecule has 1 aliphatic rings. The fourth-order valence-corrected chi connectivity index (χ4v) is 2.28. The molecule has 18 heavy (non-hydrogen) atoms. The smallest absolute Gasteiger partial charge is 0.334 e. The lowest BCUT2D eigenvalue weighted by Crippen LogP contribution is -2.07. The zero-order valence-corrected chi connectivity index (χ0v) is 10.4. The minimum atomic E-state index is -0.215. The van der Waals surface area contributed by atoms with Gasteiger partial charge >= 0.3 is 5.97 Å². The number of hydrogen-bond donors (Lipinski definition) is 0. The second-order valence-electron chi connectivity index (χ2n) is 4.22. The van der Waals surface area contributed by atoms with Crippen LogP contribution in [0.15, 0.2) is 29.8 Å². The Bertz CT molecular complexity index is 538. The zero-order valence-electron chi connectivity index (χ0n) is 10.4. The van der Waals surface area contributed by atoms with Crippen LogP contribution in [0.5, 0.6) is 0 Å². The molecule has 0 aromatic heterocycles. The molecular formula is C15H15NO2. The molecule has 0 radical (unpaired) electrons. The van der Waals surface area contributed by atoms with Crippen molar-refractivity contribution in [1.29, 1.82) is 5.26 Å². The molecule has 92 valence electrons. The van der Waals surface area contributed by atoms with Crippen molar-refractivity contribution in [2.75, 3.05) is 6.61 Å². The molecule has 0 unspecified atom stereocenters. The highest BCUT2D eigenvalue weighted by Crippen LogP contribution is 2.34. The summed E-state index contributed by atoms with van der Waals surface area (Å²) in [6.45, 7) is 2.21. The van der Waals surface area contributed by atoms with Crippen LogP contribution in [0.3, 0.4) is 0 Å². The number of ether oxygens (including phenoxy) is 1. The van der Waals surface area contributed by atoms with Gasteiger partial charge in [0.1, 0.15) is 0 Å². The third-order valence-corrected chi connectivity index (χ3v) is 3.08. The van der Waals surface area contributed by atoms with Gasteiger partial charge in [0.25, 0.3) is 0 Å². The van der Waals surface area contributed by atoms with Crippen molar-refractivity contribution in [3.63, 3.8) is 0 Å². The number of allylic oxidation sites excluding steroid dienone is 1. The summed E-state index contributed by atoms with van der Waals surface area (Å²) in [5, 5.41) is 8.91. The Kier molecular flexibility index (Phi) is 3.78. The first-order chi connectivity index (χ1) is 8.76. The fraction of sp³-hybridized carbons (Fsp3) is 0.333. The predicted octanol–water partition coefficient (Wildman–Crippen LogP) is 3.06. The summed E-state index contributed by atoms with van der Waals surface area (Å²) in [4.78, 5) is 11.8. The van der Waals surface area contributed by atoms with E-state index in [1.807, 2.05) is 25.1 Å². The van der Waals surface area contributed by atoms with Gasteiger partial charge in [0.2, 0.25) is 0 Å². The van der Waals surface area contributed by atoms with Crippen molar-refractivity contribution in [3.8, 4) is 6.07 Å². The molecule has 1 aromatic rings. The number of rotatable bonds is 3. The predicted molar refractivity (Wildman–Crippen MR) is 68.6 cm³/mol. The highest BCUT2D eigenvalue weighted by atomic mass is 16.5. The third kappa shape index (κ3) is 2.43. The lowest BCUT2D eigenvalue weighted by Gasteiger charge is -2.07. The van der Waals surface area contributed by atoms with Gasteiger partial charge in [-0.2, -0.15) is 5.26 Å². The fourth-order valence-electron chi connectivity index (χ4n) is 2.28. The minimum Gasteiger partial charge on any atom is -0.463 e. The van der Waals surface area contributed by atoms with Crippen molar-refractivity contribution < 1.29 is 9.53 Å². The van der Waals surface area contributed by atoms with E-state index in [9.17, 15) is 4.79 Å². The van der Waals surface area contributed by atoms with Crippen LogP contribution in [0.1, 0.15) is 37.3 Å². The van der Waals surface area contributed by atoms with Gasteiger partial charge in [0.05, 0.1) is 18.2 Å². The van der Waals surface area contributed by atoms with E-state index in [4.69, 9.17) is 10.00 Å². The SMILES string of the molecule is CCOC(=O)C1=C(c2cccc(C#N)c2)CCC1. The number of carbonyl (C=O) groups excluding carboxylic acids is 1. The van der Waals surface area contributed by atoms with Gasteiger partial charge < -0.3 is 4.74 Å². The van der Waals surface area contributed by atoms with Crippen LogP contribution in [0.25, 0.3) is 5.57 Å². The summed E-state index contributed by atoms with van der Waals surface area (Å²) >= 11 is 0. The van der Waals surface area contributed by atoms with E-state index in [1.165, 1.54) is 0 Å². The van der Waals surface area contributed by atoms with Gasteiger partial charge in [-0.05, 0) is 49.5 Å². The molecule has 0 heterocycles. The zero-order chi connectivity index (χ0) is 13.0. The summed E-state index contributed by atoms with van der Waals surface area (Å²) in [6, 6.07) is 9.52. The maximum atomic E-state index is 11.8. The summed E-state index contributed by atoms with van der Waals surface area (Å²) in [7, 11) is 0. The lowest BCUT2D eigenvalue weighted by atomic mass is 10.0. The summed E-state index contributed by atoms with van der Waals surface area (Å²) in [5.74, 6) is -0.215. The van der Waals surface area contributed by atoms with E-state index in [2.05, 4.69) is 6.07 Å². The molecule has 3 heteroatoms. The average Bonchev–Trinajstić information content (AvgIpc) is 2.88. The Labute approximate surface area is 107 Å². The molecule has 3 nitrogen and oxygen atoms in total. The van der Waals surface area contributed by atoms with Crippen LogP contribution < -0.4 is 0 Å². The van der Waals surface area contributed by atoms with Gasteiger partial charge in [0, 0.05) is 5.57 Å². The monoisotopic (exact) mass is 241 g/mol. The molecular weight excluding hydrogens is 226 g/mol. The molecule has 0 aliphatic heterocycles. The number of benzene rings is 1. The van der Waals surface area contributed by atoms with Gasteiger partial charge in [-0.3, -0.25) is 0 Å². The maximum Gasteiger partial charge on any atom is 0.334 e. The molecule has 0 spiro atoms. The number of esters is 1. The second kappa shape index (κ2) is 5.50. The maximum absolute atomic E-state index is 11.8. The number of hydrogen-bond acceptors (Lipinski definition) is 3. The Hall–Kier alpha value is -2.08. The third-order valence-electron chi connectivity index (χ3n) is 3.08. The van der Waals surface area contributed by atoms with Crippen molar-refractivity contribution >= 4 is 11.5 Å². The highest BCUT2D eigenvalue weighted by Gasteiger charge is 2.22. The Morgan fingerprint density at radius 2 is 2.28 bits per heavy atom. The normalized spacial score (nSPS) is 14.4. The van der Waals surface area contributed by atoms with Crippen LogP contribution in [0.4, 0.5) is 0 Å². The van der Waals surface area contributed by atoms with E-state index in [-0.39, 0.29) is 5.97 Å². The van der Waals surface area contributed by atoms with Crippen LogP contribution in [0.2, 0.25) is 0 Å². The first kappa shape index (κ1) is 12.4. The summed E-state index contributed by atoms with van der Waals surface area (Å²) in [5.41, 5.74) is 3.39. The molecule has 0 saturated heterocycles. The van der Waals surface area contributed by atoms with E-state index in [1.54, 1.807) is 6.07 Å².